The Balaban J connectivity index is 2.38. The van der Waals surface area contributed by atoms with Crippen LogP contribution in [0.15, 0.2) is 30.7 Å². The lowest BCUT2D eigenvalue weighted by Crippen LogP contribution is -2.16. The average molecular weight is 261 g/mol. The van der Waals surface area contributed by atoms with Crippen LogP contribution >= 0.6 is 0 Å². The number of nitrogens with zero attached hydrogens (tertiary/aromatic N) is 2. The van der Waals surface area contributed by atoms with Crippen molar-refractivity contribution in [3.63, 3.8) is 0 Å². The van der Waals surface area contributed by atoms with Crippen LogP contribution < -0.4 is 5.73 Å². The van der Waals surface area contributed by atoms with E-state index in [4.69, 9.17) is 5.73 Å². The number of rotatable bonds is 4. The Morgan fingerprint density at radius 1 is 1.32 bits per heavy atom. The van der Waals surface area contributed by atoms with Crippen LogP contribution in [0.5, 0.6) is 0 Å². The summed E-state index contributed by atoms with van der Waals surface area (Å²) in [6.45, 7) is 6.14. The highest BCUT2D eigenvalue weighted by Crippen LogP contribution is 2.22. The van der Waals surface area contributed by atoms with E-state index in [1.54, 1.807) is 12.5 Å². The predicted octanol–water partition coefficient (Wildman–Crippen LogP) is 3.37. The molecule has 2 rings (SSSR count). The molecular formula is C15H20FN3. The Labute approximate surface area is 113 Å². The summed E-state index contributed by atoms with van der Waals surface area (Å²) in [5.74, 6) is 0.264. The summed E-state index contributed by atoms with van der Waals surface area (Å²) in [6, 6.07) is 4.84. The lowest BCUT2D eigenvalue weighted by Gasteiger charge is -2.17. The molecule has 1 aromatic heterocycles. The van der Waals surface area contributed by atoms with Crippen molar-refractivity contribution in [3.05, 3.63) is 47.8 Å². The minimum Gasteiger partial charge on any atom is -0.323 e. The first-order valence-electron chi connectivity index (χ1n) is 6.52. The highest BCUT2D eigenvalue weighted by Gasteiger charge is 2.14. The highest BCUT2D eigenvalue weighted by molar-refractivity contribution is 5.38. The van der Waals surface area contributed by atoms with E-state index in [9.17, 15) is 4.39 Å². The Morgan fingerprint density at radius 3 is 2.68 bits per heavy atom. The standard InChI is InChI=1S/C15H20FN3/c1-10(2)4-14(17)15-8-18-9-19(15)13-6-11(3)5-12(16)7-13/h5-10,14H,4,17H2,1-3H3. The first-order chi connectivity index (χ1) is 8.97. The summed E-state index contributed by atoms with van der Waals surface area (Å²) >= 11 is 0. The van der Waals surface area contributed by atoms with Crippen molar-refractivity contribution >= 4 is 0 Å². The molecule has 102 valence electrons. The molecule has 0 bridgehead atoms. The molecule has 2 N–H and O–H groups in total. The summed E-state index contributed by atoms with van der Waals surface area (Å²) in [5, 5.41) is 0. The minimum atomic E-state index is -0.243. The topological polar surface area (TPSA) is 43.8 Å². The monoisotopic (exact) mass is 261 g/mol. The van der Waals surface area contributed by atoms with Crippen molar-refractivity contribution < 1.29 is 4.39 Å². The molecule has 1 heterocycles. The molecule has 0 aliphatic rings. The zero-order chi connectivity index (χ0) is 14.0. The second kappa shape index (κ2) is 5.53. The van der Waals surface area contributed by atoms with Gasteiger partial charge in [-0.05, 0) is 43.0 Å². The van der Waals surface area contributed by atoms with Crippen LogP contribution in [0.2, 0.25) is 0 Å². The fourth-order valence-corrected chi connectivity index (χ4v) is 2.28. The van der Waals surface area contributed by atoms with Crippen molar-refractivity contribution in [2.75, 3.05) is 0 Å². The number of hydrogen-bond donors (Lipinski definition) is 1. The molecule has 0 amide bonds. The quantitative estimate of drug-likeness (QED) is 0.917. The molecule has 0 saturated carbocycles. The van der Waals surface area contributed by atoms with Gasteiger partial charge in [0.1, 0.15) is 5.82 Å². The number of halogens is 1. The number of benzene rings is 1. The number of hydrogen-bond acceptors (Lipinski definition) is 2. The molecule has 0 saturated heterocycles. The van der Waals surface area contributed by atoms with Crippen molar-refractivity contribution in [1.29, 1.82) is 0 Å². The maximum absolute atomic E-state index is 13.5. The largest absolute Gasteiger partial charge is 0.323 e. The molecule has 1 aromatic carbocycles. The summed E-state index contributed by atoms with van der Waals surface area (Å²) in [5.41, 5.74) is 8.76. The first kappa shape index (κ1) is 13.7. The molecule has 0 spiro atoms. The predicted molar refractivity (Wildman–Crippen MR) is 74.6 cm³/mol. The van der Waals surface area contributed by atoms with Gasteiger partial charge in [-0.15, -0.1) is 0 Å². The summed E-state index contributed by atoms with van der Waals surface area (Å²) in [4.78, 5) is 4.15. The van der Waals surface area contributed by atoms with Crippen LogP contribution in [-0.2, 0) is 0 Å². The fraction of sp³-hybridized carbons (Fsp3) is 0.400. The van der Waals surface area contributed by atoms with Gasteiger partial charge < -0.3 is 10.3 Å². The SMILES string of the molecule is Cc1cc(F)cc(-n2cncc2C(N)CC(C)C)c1. The van der Waals surface area contributed by atoms with Crippen LogP contribution in [0.1, 0.15) is 37.6 Å². The van der Waals surface area contributed by atoms with Gasteiger partial charge in [0, 0.05) is 11.7 Å². The zero-order valence-electron chi connectivity index (χ0n) is 11.6. The molecule has 3 nitrogen and oxygen atoms in total. The Bertz CT molecular complexity index is 540. The van der Waals surface area contributed by atoms with Crippen molar-refractivity contribution in [1.82, 2.24) is 9.55 Å². The van der Waals surface area contributed by atoms with E-state index >= 15 is 0 Å². The smallest absolute Gasteiger partial charge is 0.125 e. The normalized spacial score (nSPS) is 12.9. The van der Waals surface area contributed by atoms with Crippen molar-refractivity contribution in [3.8, 4) is 5.69 Å². The van der Waals surface area contributed by atoms with Gasteiger partial charge in [-0.25, -0.2) is 9.37 Å². The van der Waals surface area contributed by atoms with E-state index in [0.29, 0.717) is 5.92 Å². The lowest BCUT2D eigenvalue weighted by molar-refractivity contribution is 0.497. The first-order valence-corrected chi connectivity index (χ1v) is 6.52. The maximum Gasteiger partial charge on any atom is 0.125 e. The average Bonchev–Trinajstić information content (AvgIpc) is 2.75. The lowest BCUT2D eigenvalue weighted by atomic mass is 10.0. The molecule has 0 fully saturated rings. The third-order valence-electron chi connectivity index (χ3n) is 3.08. The van der Waals surface area contributed by atoms with Gasteiger partial charge in [0.25, 0.3) is 0 Å². The molecule has 0 aliphatic carbocycles. The number of nitrogens with two attached hydrogens (primary N) is 1. The van der Waals surface area contributed by atoms with E-state index in [0.717, 1.165) is 23.4 Å². The van der Waals surface area contributed by atoms with E-state index in [1.807, 2.05) is 17.6 Å². The van der Waals surface area contributed by atoms with Gasteiger partial charge in [-0.3, -0.25) is 0 Å². The van der Waals surface area contributed by atoms with Crippen LogP contribution in [0, 0.1) is 18.7 Å². The molecule has 1 unspecified atom stereocenters. The van der Waals surface area contributed by atoms with Crippen molar-refractivity contribution in [2.24, 2.45) is 11.7 Å². The van der Waals surface area contributed by atoms with E-state index in [2.05, 4.69) is 18.8 Å². The fourth-order valence-electron chi connectivity index (χ4n) is 2.28. The van der Waals surface area contributed by atoms with Crippen molar-refractivity contribution in [2.45, 2.75) is 33.2 Å². The van der Waals surface area contributed by atoms with Crippen LogP contribution in [0.25, 0.3) is 5.69 Å². The van der Waals surface area contributed by atoms with E-state index in [-0.39, 0.29) is 11.9 Å². The van der Waals surface area contributed by atoms with Gasteiger partial charge >= 0.3 is 0 Å². The molecule has 0 aliphatic heterocycles. The molecule has 2 aromatic rings. The van der Waals surface area contributed by atoms with Gasteiger partial charge in [-0.1, -0.05) is 13.8 Å². The minimum absolute atomic E-state index is 0.0916. The Kier molecular flexibility index (Phi) is 4.00. The number of aryl methyl sites for hydroxylation is 1. The Hall–Kier alpha value is -1.68. The second-order valence-electron chi connectivity index (χ2n) is 5.41. The third-order valence-corrected chi connectivity index (χ3v) is 3.08. The van der Waals surface area contributed by atoms with Gasteiger partial charge in [0.2, 0.25) is 0 Å². The van der Waals surface area contributed by atoms with Gasteiger partial charge in [-0.2, -0.15) is 0 Å². The highest BCUT2D eigenvalue weighted by atomic mass is 19.1. The second-order valence-corrected chi connectivity index (χ2v) is 5.41. The van der Waals surface area contributed by atoms with Gasteiger partial charge in [0.15, 0.2) is 0 Å². The Morgan fingerprint density at radius 2 is 2.05 bits per heavy atom. The molecule has 1 atom stereocenters. The number of aromatic nitrogens is 2. The van der Waals surface area contributed by atoms with Crippen LogP contribution in [0.3, 0.4) is 0 Å². The molecule has 4 heteroatoms. The summed E-state index contributed by atoms with van der Waals surface area (Å²) in [6.07, 6.45) is 4.32. The molecule has 19 heavy (non-hydrogen) atoms. The van der Waals surface area contributed by atoms with E-state index < -0.39 is 0 Å². The third kappa shape index (κ3) is 3.20. The van der Waals surface area contributed by atoms with Crippen LogP contribution in [-0.4, -0.2) is 9.55 Å². The molecule has 0 radical (unpaired) electrons. The number of imidazole rings is 1. The zero-order valence-corrected chi connectivity index (χ0v) is 11.6. The molecular weight excluding hydrogens is 241 g/mol. The summed E-state index contributed by atoms with van der Waals surface area (Å²) in [7, 11) is 0. The maximum atomic E-state index is 13.5. The van der Waals surface area contributed by atoms with E-state index in [1.165, 1.54) is 12.1 Å². The van der Waals surface area contributed by atoms with Crippen LogP contribution in [0.4, 0.5) is 4.39 Å². The summed E-state index contributed by atoms with van der Waals surface area (Å²) < 4.78 is 15.4. The van der Waals surface area contributed by atoms with Gasteiger partial charge in [0.05, 0.1) is 18.2 Å².